The van der Waals surface area contributed by atoms with Crippen LogP contribution in [0.4, 0.5) is 0 Å². The van der Waals surface area contributed by atoms with E-state index in [4.69, 9.17) is 0 Å². The molecule has 28 heavy (non-hydrogen) atoms. The molecule has 1 aliphatic rings. The van der Waals surface area contributed by atoms with Gasteiger partial charge in [0.15, 0.2) is 0 Å². The largest absolute Gasteiger partial charge is 0.361 e. The van der Waals surface area contributed by atoms with E-state index >= 15 is 0 Å². The summed E-state index contributed by atoms with van der Waals surface area (Å²) in [7, 11) is 0. The lowest BCUT2D eigenvalue weighted by molar-refractivity contribution is -0.120. The van der Waals surface area contributed by atoms with Gasteiger partial charge in [-0.1, -0.05) is 48.9 Å². The molecule has 1 amide bonds. The van der Waals surface area contributed by atoms with Crippen LogP contribution in [0.15, 0.2) is 54.7 Å². The molecule has 146 valence electrons. The van der Waals surface area contributed by atoms with Crippen molar-refractivity contribution in [3.63, 3.8) is 0 Å². The van der Waals surface area contributed by atoms with Gasteiger partial charge in [-0.15, -0.1) is 0 Å². The van der Waals surface area contributed by atoms with Crippen molar-refractivity contribution in [3.8, 4) is 0 Å². The number of aromatic amines is 1. The van der Waals surface area contributed by atoms with Crippen LogP contribution in [0.5, 0.6) is 0 Å². The normalized spacial score (nSPS) is 17.7. The lowest BCUT2D eigenvalue weighted by atomic mass is 10.0. The highest BCUT2D eigenvalue weighted by atomic mass is 16.1. The molecule has 1 aromatic heterocycles. The van der Waals surface area contributed by atoms with E-state index < -0.39 is 0 Å². The van der Waals surface area contributed by atoms with Crippen LogP contribution in [0.2, 0.25) is 0 Å². The van der Waals surface area contributed by atoms with E-state index in [0.717, 1.165) is 23.0 Å². The van der Waals surface area contributed by atoms with Gasteiger partial charge in [0.25, 0.3) is 0 Å². The zero-order chi connectivity index (χ0) is 19.3. The number of aromatic nitrogens is 1. The number of amides is 1. The molecular formula is C24H29N3O. The summed E-state index contributed by atoms with van der Waals surface area (Å²) in [5, 5.41) is 4.24. The third-order valence-electron chi connectivity index (χ3n) is 5.93. The highest BCUT2D eigenvalue weighted by Crippen LogP contribution is 2.21. The molecule has 1 atom stereocenters. The molecule has 0 saturated carbocycles. The lowest BCUT2D eigenvalue weighted by Crippen LogP contribution is -2.37. The van der Waals surface area contributed by atoms with E-state index in [-0.39, 0.29) is 5.91 Å². The number of H-pyrrole nitrogens is 1. The third-order valence-corrected chi connectivity index (χ3v) is 5.93. The summed E-state index contributed by atoms with van der Waals surface area (Å²) in [4.78, 5) is 18.4. The number of para-hydroxylation sites is 1. The average molecular weight is 376 g/mol. The molecule has 0 unspecified atom stereocenters. The molecule has 0 spiro atoms. The topological polar surface area (TPSA) is 48.1 Å². The van der Waals surface area contributed by atoms with E-state index in [1.54, 1.807) is 0 Å². The number of piperidine rings is 1. The van der Waals surface area contributed by atoms with E-state index in [1.807, 2.05) is 24.4 Å². The Kier molecular flexibility index (Phi) is 5.77. The van der Waals surface area contributed by atoms with Crippen LogP contribution in [0.1, 0.15) is 42.9 Å². The predicted octanol–water partition coefficient (Wildman–Crippen LogP) is 4.40. The molecule has 4 heteroatoms. The van der Waals surface area contributed by atoms with Gasteiger partial charge in [-0.25, -0.2) is 0 Å². The van der Waals surface area contributed by atoms with Crippen LogP contribution in [0, 0.1) is 0 Å². The Morgan fingerprint density at radius 2 is 1.86 bits per heavy atom. The molecule has 2 N–H and O–H groups in total. The number of carbonyl (C=O) groups is 1. The highest BCUT2D eigenvalue weighted by molar-refractivity contribution is 5.88. The summed E-state index contributed by atoms with van der Waals surface area (Å²) in [5.74, 6) is 0.0610. The fourth-order valence-electron chi connectivity index (χ4n) is 4.20. The van der Waals surface area contributed by atoms with Gasteiger partial charge in [0, 0.05) is 36.2 Å². The molecule has 0 bridgehead atoms. The smallest absolute Gasteiger partial charge is 0.224 e. The Morgan fingerprint density at radius 1 is 1.07 bits per heavy atom. The standard InChI is InChI=1S/C24H29N3O/c1-18-8-6-7-13-27(18)17-20-10-3-2-9-19(20)15-26-24(28)14-21-16-25-23-12-5-4-11-22(21)23/h2-5,9-12,16,18,25H,6-8,13-15,17H2,1H3,(H,26,28)/t18-/m1/s1. The van der Waals surface area contributed by atoms with Gasteiger partial charge in [0.2, 0.25) is 5.91 Å². The molecule has 4 nitrogen and oxygen atoms in total. The second-order valence-corrected chi connectivity index (χ2v) is 7.90. The van der Waals surface area contributed by atoms with E-state index in [0.29, 0.717) is 19.0 Å². The molecule has 0 aliphatic carbocycles. The number of hydrogen-bond acceptors (Lipinski definition) is 2. The number of fused-ring (bicyclic) bond motifs is 1. The molecule has 1 saturated heterocycles. The predicted molar refractivity (Wildman–Crippen MR) is 114 cm³/mol. The molecule has 1 aliphatic heterocycles. The second kappa shape index (κ2) is 8.61. The first kappa shape index (κ1) is 18.8. The molecule has 1 fully saturated rings. The fourth-order valence-corrected chi connectivity index (χ4v) is 4.20. The molecule has 0 radical (unpaired) electrons. The zero-order valence-electron chi connectivity index (χ0n) is 16.6. The summed E-state index contributed by atoms with van der Waals surface area (Å²) in [5.41, 5.74) is 4.66. The first-order chi connectivity index (χ1) is 13.7. The van der Waals surface area contributed by atoms with Crippen LogP contribution < -0.4 is 5.32 Å². The third kappa shape index (κ3) is 4.28. The van der Waals surface area contributed by atoms with Crippen molar-refractivity contribution in [1.29, 1.82) is 0 Å². The van der Waals surface area contributed by atoms with Gasteiger partial charge in [0.05, 0.1) is 6.42 Å². The van der Waals surface area contributed by atoms with E-state index in [1.165, 1.54) is 36.9 Å². The molecule has 3 aromatic rings. The molecule has 2 aromatic carbocycles. The van der Waals surface area contributed by atoms with Gasteiger partial charge in [-0.2, -0.15) is 0 Å². The van der Waals surface area contributed by atoms with Gasteiger partial charge >= 0.3 is 0 Å². The van der Waals surface area contributed by atoms with Gasteiger partial charge in [0.1, 0.15) is 0 Å². The van der Waals surface area contributed by atoms with Crippen LogP contribution in [0.25, 0.3) is 10.9 Å². The van der Waals surface area contributed by atoms with Crippen LogP contribution in [-0.2, 0) is 24.3 Å². The second-order valence-electron chi connectivity index (χ2n) is 7.90. The Bertz CT molecular complexity index is 946. The summed E-state index contributed by atoms with van der Waals surface area (Å²) < 4.78 is 0. The van der Waals surface area contributed by atoms with Crippen molar-refractivity contribution in [2.75, 3.05) is 6.54 Å². The van der Waals surface area contributed by atoms with E-state index in [9.17, 15) is 4.79 Å². The first-order valence-electron chi connectivity index (χ1n) is 10.3. The van der Waals surface area contributed by atoms with Gasteiger partial charge in [-0.3, -0.25) is 9.69 Å². The number of hydrogen-bond donors (Lipinski definition) is 2. The maximum absolute atomic E-state index is 12.5. The maximum Gasteiger partial charge on any atom is 0.224 e. The Labute approximate surface area is 166 Å². The summed E-state index contributed by atoms with van der Waals surface area (Å²) in [6.07, 6.45) is 6.24. The number of likely N-dealkylation sites (tertiary alicyclic amines) is 1. The SMILES string of the molecule is C[C@@H]1CCCCN1Cc1ccccc1CNC(=O)Cc1c[nH]c2ccccc12. The highest BCUT2D eigenvalue weighted by Gasteiger charge is 2.19. The summed E-state index contributed by atoms with van der Waals surface area (Å²) in [6, 6.07) is 17.2. The number of rotatable bonds is 6. The number of carbonyl (C=O) groups excluding carboxylic acids is 1. The van der Waals surface area contributed by atoms with Crippen molar-refractivity contribution in [2.24, 2.45) is 0 Å². The molecular weight excluding hydrogens is 346 g/mol. The maximum atomic E-state index is 12.5. The van der Waals surface area contributed by atoms with Crippen molar-refractivity contribution in [1.82, 2.24) is 15.2 Å². The fraction of sp³-hybridized carbons (Fsp3) is 0.375. The van der Waals surface area contributed by atoms with Crippen molar-refractivity contribution >= 4 is 16.8 Å². The lowest BCUT2D eigenvalue weighted by Gasteiger charge is -2.33. The quantitative estimate of drug-likeness (QED) is 0.671. The zero-order valence-corrected chi connectivity index (χ0v) is 16.6. The monoisotopic (exact) mass is 375 g/mol. The Balaban J connectivity index is 1.38. The van der Waals surface area contributed by atoms with E-state index in [2.05, 4.69) is 52.5 Å². The number of nitrogens with one attached hydrogen (secondary N) is 2. The Hall–Kier alpha value is -2.59. The average Bonchev–Trinajstić information content (AvgIpc) is 3.12. The van der Waals surface area contributed by atoms with Crippen LogP contribution in [0.3, 0.4) is 0 Å². The van der Waals surface area contributed by atoms with Gasteiger partial charge < -0.3 is 10.3 Å². The Morgan fingerprint density at radius 3 is 2.71 bits per heavy atom. The number of nitrogens with zero attached hydrogens (tertiary/aromatic N) is 1. The van der Waals surface area contributed by atoms with Crippen LogP contribution >= 0.6 is 0 Å². The van der Waals surface area contributed by atoms with Crippen molar-refractivity contribution in [2.45, 2.75) is 51.7 Å². The summed E-state index contributed by atoms with van der Waals surface area (Å²) in [6.45, 7) is 5.04. The summed E-state index contributed by atoms with van der Waals surface area (Å²) >= 11 is 0. The van der Waals surface area contributed by atoms with Crippen molar-refractivity contribution < 1.29 is 4.79 Å². The van der Waals surface area contributed by atoms with Crippen LogP contribution in [-0.4, -0.2) is 28.4 Å². The van der Waals surface area contributed by atoms with Gasteiger partial charge in [-0.05, 0) is 49.1 Å². The van der Waals surface area contributed by atoms with Crippen molar-refractivity contribution in [3.05, 3.63) is 71.4 Å². The minimum Gasteiger partial charge on any atom is -0.361 e. The first-order valence-corrected chi connectivity index (χ1v) is 10.3. The minimum absolute atomic E-state index is 0.0610. The minimum atomic E-state index is 0.0610. The number of benzene rings is 2. The molecule has 4 rings (SSSR count). The molecule has 2 heterocycles.